The lowest BCUT2D eigenvalue weighted by molar-refractivity contribution is -0.138. The molecule has 0 fully saturated rings. The van der Waals surface area contributed by atoms with Gasteiger partial charge in [0.25, 0.3) is 0 Å². The van der Waals surface area contributed by atoms with Crippen LogP contribution in [0.4, 0.5) is 17.6 Å². The van der Waals surface area contributed by atoms with E-state index in [4.69, 9.17) is 11.6 Å². The second kappa shape index (κ2) is 5.35. The van der Waals surface area contributed by atoms with E-state index in [0.29, 0.717) is 0 Å². The Bertz CT molecular complexity index is 419. The Morgan fingerprint density at radius 1 is 1.35 bits per heavy atom. The Balaban J connectivity index is 3.00. The number of benzene rings is 1. The van der Waals surface area contributed by atoms with Crippen LogP contribution in [0, 0.1) is 5.82 Å². The standard InChI is InChI=1S/C10H8ClF4NO/c11-4-9(17)16-5-6-7(10(13,14)15)2-1-3-8(6)12/h1-3H,4-5H2,(H,16,17). The molecule has 17 heavy (non-hydrogen) atoms. The molecule has 2 nitrogen and oxygen atoms in total. The average Bonchev–Trinajstić information content (AvgIpc) is 2.25. The van der Waals surface area contributed by atoms with E-state index in [1.165, 1.54) is 0 Å². The first-order valence-corrected chi connectivity index (χ1v) is 5.07. The molecule has 0 radical (unpaired) electrons. The summed E-state index contributed by atoms with van der Waals surface area (Å²) < 4.78 is 50.8. The number of hydrogen-bond acceptors (Lipinski definition) is 1. The number of carbonyl (C=O) groups is 1. The Kier molecular flexibility index (Phi) is 4.34. The summed E-state index contributed by atoms with van der Waals surface area (Å²) in [4.78, 5) is 10.8. The molecule has 0 heterocycles. The number of carbonyl (C=O) groups excluding carboxylic acids is 1. The Hall–Kier alpha value is -1.30. The molecule has 1 N–H and O–H groups in total. The minimum atomic E-state index is -4.66. The summed E-state index contributed by atoms with van der Waals surface area (Å²) in [6.07, 6.45) is -4.66. The van der Waals surface area contributed by atoms with Crippen molar-refractivity contribution in [1.29, 1.82) is 0 Å². The van der Waals surface area contributed by atoms with Crippen LogP contribution in [0.3, 0.4) is 0 Å². The van der Waals surface area contributed by atoms with E-state index in [2.05, 4.69) is 5.32 Å². The van der Waals surface area contributed by atoms with Gasteiger partial charge in [0.15, 0.2) is 0 Å². The van der Waals surface area contributed by atoms with Crippen LogP contribution in [0.25, 0.3) is 0 Å². The van der Waals surface area contributed by atoms with E-state index in [9.17, 15) is 22.4 Å². The summed E-state index contributed by atoms with van der Waals surface area (Å²) in [6, 6.07) is 2.62. The maximum atomic E-state index is 13.3. The van der Waals surface area contributed by atoms with Crippen LogP contribution in [0.5, 0.6) is 0 Å². The quantitative estimate of drug-likeness (QED) is 0.663. The van der Waals surface area contributed by atoms with Gasteiger partial charge >= 0.3 is 6.18 Å². The molecule has 0 atom stereocenters. The molecule has 0 spiro atoms. The third kappa shape index (κ3) is 3.59. The second-order valence-electron chi connectivity index (χ2n) is 3.17. The van der Waals surface area contributed by atoms with Crippen molar-refractivity contribution < 1.29 is 22.4 Å². The van der Waals surface area contributed by atoms with Gasteiger partial charge < -0.3 is 5.32 Å². The lowest BCUT2D eigenvalue weighted by Gasteiger charge is -2.13. The van der Waals surface area contributed by atoms with E-state index in [0.717, 1.165) is 18.2 Å². The van der Waals surface area contributed by atoms with Crippen molar-refractivity contribution in [2.75, 3.05) is 5.88 Å². The van der Waals surface area contributed by atoms with Crippen LogP contribution in [0.2, 0.25) is 0 Å². The second-order valence-corrected chi connectivity index (χ2v) is 3.44. The maximum absolute atomic E-state index is 13.3. The zero-order valence-electron chi connectivity index (χ0n) is 8.44. The van der Waals surface area contributed by atoms with Gasteiger partial charge in [-0.3, -0.25) is 4.79 Å². The molecule has 0 aliphatic heterocycles. The summed E-state index contributed by atoms with van der Waals surface area (Å²) in [5.74, 6) is -2.08. The Morgan fingerprint density at radius 3 is 2.53 bits per heavy atom. The number of nitrogens with one attached hydrogen (secondary N) is 1. The van der Waals surface area contributed by atoms with Crippen LogP contribution in [-0.2, 0) is 17.5 Å². The molecule has 1 amide bonds. The van der Waals surface area contributed by atoms with Crippen LogP contribution in [-0.4, -0.2) is 11.8 Å². The van der Waals surface area contributed by atoms with Gasteiger partial charge in [0, 0.05) is 12.1 Å². The number of halogens is 5. The molecule has 0 unspecified atom stereocenters. The van der Waals surface area contributed by atoms with E-state index < -0.39 is 41.5 Å². The predicted molar refractivity (Wildman–Crippen MR) is 54.0 cm³/mol. The fourth-order valence-corrected chi connectivity index (χ4v) is 1.33. The fraction of sp³-hybridized carbons (Fsp3) is 0.300. The van der Waals surface area contributed by atoms with Crippen LogP contribution >= 0.6 is 11.6 Å². The number of hydrogen-bond donors (Lipinski definition) is 1. The summed E-state index contributed by atoms with van der Waals surface area (Å²) in [7, 11) is 0. The molecule has 7 heteroatoms. The van der Waals surface area contributed by atoms with Crippen molar-refractivity contribution in [2.45, 2.75) is 12.7 Å². The monoisotopic (exact) mass is 269 g/mol. The first kappa shape index (κ1) is 13.8. The highest BCUT2D eigenvalue weighted by atomic mass is 35.5. The van der Waals surface area contributed by atoms with E-state index >= 15 is 0 Å². The Labute approximate surface area is 99.6 Å². The van der Waals surface area contributed by atoms with E-state index in [-0.39, 0.29) is 0 Å². The smallest absolute Gasteiger partial charge is 0.351 e. The lowest BCUT2D eigenvalue weighted by Crippen LogP contribution is -2.26. The van der Waals surface area contributed by atoms with Crippen LogP contribution in [0.15, 0.2) is 18.2 Å². The lowest BCUT2D eigenvalue weighted by atomic mass is 10.1. The third-order valence-electron chi connectivity index (χ3n) is 2.01. The molecule has 1 aromatic carbocycles. The highest BCUT2D eigenvalue weighted by molar-refractivity contribution is 6.27. The molecule has 0 aromatic heterocycles. The Morgan fingerprint density at radius 2 is 2.00 bits per heavy atom. The summed E-state index contributed by atoms with van der Waals surface area (Å²) in [5, 5.41) is 2.09. The molecule has 94 valence electrons. The molecular weight excluding hydrogens is 262 g/mol. The summed E-state index contributed by atoms with van der Waals surface area (Å²) in [5.41, 5.74) is -1.70. The molecule has 0 saturated heterocycles. The van der Waals surface area contributed by atoms with Gasteiger partial charge in [-0.25, -0.2) is 4.39 Å². The van der Waals surface area contributed by atoms with Gasteiger partial charge in [-0.05, 0) is 12.1 Å². The highest BCUT2D eigenvalue weighted by Crippen LogP contribution is 2.32. The minimum absolute atomic E-state index is 0.393. The molecule has 0 aliphatic carbocycles. The van der Waals surface area contributed by atoms with Crippen molar-refractivity contribution in [3.05, 3.63) is 35.1 Å². The van der Waals surface area contributed by atoms with Crippen molar-refractivity contribution in [1.82, 2.24) is 5.32 Å². The van der Waals surface area contributed by atoms with E-state index in [1.54, 1.807) is 0 Å². The maximum Gasteiger partial charge on any atom is 0.416 e. The molecule has 0 saturated carbocycles. The average molecular weight is 270 g/mol. The van der Waals surface area contributed by atoms with Crippen molar-refractivity contribution in [3.63, 3.8) is 0 Å². The van der Waals surface area contributed by atoms with Gasteiger partial charge in [0.1, 0.15) is 11.7 Å². The van der Waals surface area contributed by atoms with E-state index in [1.807, 2.05) is 0 Å². The molecule has 0 aliphatic rings. The number of rotatable bonds is 3. The van der Waals surface area contributed by atoms with Crippen molar-refractivity contribution in [2.24, 2.45) is 0 Å². The number of amides is 1. The SMILES string of the molecule is O=C(CCl)NCc1c(F)cccc1C(F)(F)F. The molecule has 1 aromatic rings. The molecular formula is C10H8ClF4NO. The zero-order chi connectivity index (χ0) is 13.1. The molecule has 1 rings (SSSR count). The normalized spacial score (nSPS) is 11.4. The number of alkyl halides is 4. The van der Waals surface area contributed by atoms with Gasteiger partial charge in [0.2, 0.25) is 5.91 Å². The van der Waals surface area contributed by atoms with Gasteiger partial charge in [-0.1, -0.05) is 6.07 Å². The van der Waals surface area contributed by atoms with Gasteiger partial charge in [0.05, 0.1) is 5.56 Å². The van der Waals surface area contributed by atoms with Crippen molar-refractivity contribution in [3.8, 4) is 0 Å². The van der Waals surface area contributed by atoms with Crippen LogP contribution < -0.4 is 5.32 Å². The summed E-state index contributed by atoms with van der Waals surface area (Å²) in [6.45, 7) is -0.549. The first-order valence-electron chi connectivity index (χ1n) is 4.53. The van der Waals surface area contributed by atoms with Gasteiger partial charge in [-0.2, -0.15) is 13.2 Å². The van der Waals surface area contributed by atoms with Crippen LogP contribution in [0.1, 0.15) is 11.1 Å². The zero-order valence-corrected chi connectivity index (χ0v) is 9.20. The molecule has 0 bridgehead atoms. The largest absolute Gasteiger partial charge is 0.416 e. The van der Waals surface area contributed by atoms with Gasteiger partial charge in [-0.15, -0.1) is 11.6 Å². The highest BCUT2D eigenvalue weighted by Gasteiger charge is 2.34. The first-order chi connectivity index (χ1) is 7.86. The topological polar surface area (TPSA) is 29.1 Å². The minimum Gasteiger partial charge on any atom is -0.351 e. The summed E-state index contributed by atoms with van der Waals surface area (Å²) >= 11 is 5.16. The predicted octanol–water partition coefficient (Wildman–Crippen LogP) is 2.70. The third-order valence-corrected chi connectivity index (χ3v) is 2.25. The van der Waals surface area contributed by atoms with Crippen molar-refractivity contribution >= 4 is 17.5 Å². The fourth-order valence-electron chi connectivity index (χ4n) is 1.24.